The van der Waals surface area contributed by atoms with Gasteiger partial charge in [0, 0.05) is 18.3 Å². The summed E-state index contributed by atoms with van der Waals surface area (Å²) < 4.78 is 56.1. The number of anilines is 1. The van der Waals surface area contributed by atoms with Gasteiger partial charge in [-0.2, -0.15) is 13.2 Å². The third-order valence-corrected chi connectivity index (χ3v) is 2.64. The topological polar surface area (TPSA) is 50.4 Å². The molecule has 1 atom stereocenters. The molecule has 8 heteroatoms. The number of carbonyl (C=O) groups is 1. The van der Waals surface area contributed by atoms with Crippen LogP contribution in [0.1, 0.15) is 33.3 Å². The lowest BCUT2D eigenvalue weighted by atomic mass is 10.1. The summed E-state index contributed by atoms with van der Waals surface area (Å²) in [5.74, 6) is -1.33. The van der Waals surface area contributed by atoms with Crippen molar-refractivity contribution in [1.82, 2.24) is 5.32 Å². The first-order valence-corrected chi connectivity index (χ1v) is 6.98. The van der Waals surface area contributed by atoms with Gasteiger partial charge in [-0.25, -0.2) is 9.18 Å². The summed E-state index contributed by atoms with van der Waals surface area (Å²) in [5, 5.41) is 5.26. The number of nitrogens with one attached hydrogen (secondary N) is 2. The molecular weight excluding hydrogens is 316 g/mol. The van der Waals surface area contributed by atoms with Gasteiger partial charge < -0.3 is 15.4 Å². The Morgan fingerprint density at radius 2 is 1.87 bits per heavy atom. The van der Waals surface area contributed by atoms with Gasteiger partial charge in [-0.3, -0.25) is 0 Å². The van der Waals surface area contributed by atoms with Crippen molar-refractivity contribution in [3.05, 3.63) is 29.6 Å². The van der Waals surface area contributed by atoms with E-state index >= 15 is 0 Å². The molecule has 0 aromatic heterocycles. The van der Waals surface area contributed by atoms with Crippen LogP contribution in [0.4, 0.5) is 28.0 Å². The van der Waals surface area contributed by atoms with E-state index in [2.05, 4.69) is 10.6 Å². The molecule has 0 aliphatic rings. The number of rotatable bonds is 4. The molecule has 0 heterocycles. The van der Waals surface area contributed by atoms with Crippen LogP contribution in [0, 0.1) is 5.82 Å². The fourth-order valence-corrected chi connectivity index (χ4v) is 1.72. The Bertz CT molecular complexity index is 553. The third kappa shape index (κ3) is 6.75. The molecule has 4 nitrogen and oxygen atoms in total. The first-order chi connectivity index (χ1) is 10.4. The number of ether oxygens (including phenoxy) is 1. The van der Waals surface area contributed by atoms with E-state index in [1.165, 1.54) is 6.07 Å². The molecule has 1 rings (SSSR count). The minimum atomic E-state index is -4.76. The number of hydrogen-bond donors (Lipinski definition) is 2. The second-order valence-corrected chi connectivity index (χ2v) is 6.12. The largest absolute Gasteiger partial charge is 0.444 e. The van der Waals surface area contributed by atoms with Crippen LogP contribution in [0.15, 0.2) is 18.2 Å². The smallest absolute Gasteiger partial charge is 0.419 e. The van der Waals surface area contributed by atoms with Crippen molar-refractivity contribution in [2.45, 2.75) is 45.5 Å². The number of alkyl halides is 3. The van der Waals surface area contributed by atoms with Crippen LogP contribution < -0.4 is 10.6 Å². The molecule has 1 aromatic carbocycles. The fraction of sp³-hybridized carbons (Fsp3) is 0.533. The van der Waals surface area contributed by atoms with Crippen molar-refractivity contribution < 1.29 is 27.1 Å². The van der Waals surface area contributed by atoms with Crippen LogP contribution >= 0.6 is 0 Å². The van der Waals surface area contributed by atoms with Gasteiger partial charge in [-0.05, 0) is 45.9 Å². The molecule has 0 aliphatic carbocycles. The number of amides is 1. The standard InChI is InChI=1S/C15H20F4N2O2/c1-9(8-20-13(22)23-14(2,3)4)21-10-5-6-12(16)11(7-10)15(17,18)19/h5-7,9,21H,8H2,1-4H3,(H,20,22). The van der Waals surface area contributed by atoms with E-state index in [0.29, 0.717) is 6.07 Å². The van der Waals surface area contributed by atoms with Gasteiger partial charge in [-0.1, -0.05) is 0 Å². The van der Waals surface area contributed by atoms with Crippen LogP contribution in [-0.2, 0) is 10.9 Å². The van der Waals surface area contributed by atoms with Crippen LogP contribution in [0.3, 0.4) is 0 Å². The number of hydrogen-bond acceptors (Lipinski definition) is 3. The normalized spacial score (nSPS) is 13.4. The highest BCUT2D eigenvalue weighted by atomic mass is 19.4. The molecule has 0 radical (unpaired) electrons. The predicted octanol–water partition coefficient (Wildman–Crippen LogP) is 4.17. The maximum Gasteiger partial charge on any atom is 0.419 e. The summed E-state index contributed by atoms with van der Waals surface area (Å²) in [4.78, 5) is 11.5. The van der Waals surface area contributed by atoms with Crippen molar-refractivity contribution in [2.75, 3.05) is 11.9 Å². The van der Waals surface area contributed by atoms with Crippen LogP contribution in [-0.4, -0.2) is 24.3 Å². The Balaban J connectivity index is 2.61. The maximum absolute atomic E-state index is 13.2. The molecule has 23 heavy (non-hydrogen) atoms. The Hall–Kier alpha value is -1.99. The molecule has 0 saturated carbocycles. The van der Waals surface area contributed by atoms with Crippen molar-refractivity contribution in [2.24, 2.45) is 0 Å². The van der Waals surface area contributed by atoms with Crippen LogP contribution in [0.5, 0.6) is 0 Å². The summed E-state index contributed by atoms with van der Waals surface area (Å²) in [5.41, 5.74) is -1.87. The van der Waals surface area contributed by atoms with Gasteiger partial charge in [0.15, 0.2) is 0 Å². The molecular formula is C15H20F4N2O2. The number of halogens is 4. The molecule has 0 aliphatic heterocycles. The van der Waals surface area contributed by atoms with Gasteiger partial charge >= 0.3 is 12.3 Å². The van der Waals surface area contributed by atoms with Gasteiger partial charge in [0.2, 0.25) is 0 Å². The molecule has 0 saturated heterocycles. The Kier molecular flexibility index (Phi) is 5.85. The van der Waals surface area contributed by atoms with Gasteiger partial charge in [0.05, 0.1) is 5.56 Å². The summed E-state index contributed by atoms with van der Waals surface area (Å²) in [6, 6.07) is 2.27. The SMILES string of the molecule is CC(CNC(=O)OC(C)(C)C)Nc1ccc(F)c(C(F)(F)F)c1. The van der Waals surface area contributed by atoms with Gasteiger partial charge in [-0.15, -0.1) is 0 Å². The van der Waals surface area contributed by atoms with Gasteiger partial charge in [0.25, 0.3) is 0 Å². The molecule has 0 bridgehead atoms. The van der Waals surface area contributed by atoms with E-state index < -0.39 is 29.3 Å². The molecule has 1 amide bonds. The zero-order valence-corrected chi connectivity index (χ0v) is 13.3. The summed E-state index contributed by atoms with van der Waals surface area (Å²) in [6.07, 6.45) is -5.39. The number of carbonyl (C=O) groups excluding carboxylic acids is 1. The minimum absolute atomic E-state index is 0.109. The third-order valence-electron chi connectivity index (χ3n) is 2.64. The molecule has 0 fully saturated rings. The number of benzene rings is 1. The average Bonchev–Trinajstić information content (AvgIpc) is 2.35. The molecule has 130 valence electrons. The molecule has 0 spiro atoms. The van der Waals surface area contributed by atoms with Crippen molar-refractivity contribution >= 4 is 11.8 Å². The summed E-state index contributed by atoms with van der Waals surface area (Å²) in [7, 11) is 0. The van der Waals surface area contributed by atoms with E-state index in [4.69, 9.17) is 4.74 Å². The Morgan fingerprint density at radius 3 is 2.39 bits per heavy atom. The Morgan fingerprint density at radius 1 is 1.26 bits per heavy atom. The van der Waals surface area contributed by atoms with Crippen LogP contribution in [0.2, 0.25) is 0 Å². The highest BCUT2D eigenvalue weighted by Crippen LogP contribution is 2.33. The monoisotopic (exact) mass is 336 g/mol. The summed E-state index contributed by atoms with van der Waals surface area (Å²) >= 11 is 0. The number of alkyl carbamates (subject to hydrolysis) is 1. The summed E-state index contributed by atoms with van der Waals surface area (Å²) in [6.45, 7) is 6.93. The minimum Gasteiger partial charge on any atom is -0.444 e. The highest BCUT2D eigenvalue weighted by molar-refractivity contribution is 5.67. The lowest BCUT2D eigenvalue weighted by Gasteiger charge is -2.21. The quantitative estimate of drug-likeness (QED) is 0.812. The van der Waals surface area contributed by atoms with Gasteiger partial charge in [0.1, 0.15) is 11.4 Å². The van der Waals surface area contributed by atoms with E-state index in [0.717, 1.165) is 6.07 Å². The van der Waals surface area contributed by atoms with Crippen LogP contribution in [0.25, 0.3) is 0 Å². The zero-order valence-electron chi connectivity index (χ0n) is 13.3. The molecule has 1 unspecified atom stereocenters. The Labute approximate surface area is 132 Å². The van der Waals surface area contributed by atoms with E-state index in [-0.39, 0.29) is 18.3 Å². The molecule has 2 N–H and O–H groups in total. The van der Waals surface area contributed by atoms with E-state index in [1.807, 2.05) is 0 Å². The fourth-order valence-electron chi connectivity index (χ4n) is 1.72. The second-order valence-electron chi connectivity index (χ2n) is 6.12. The molecule has 1 aromatic rings. The lowest BCUT2D eigenvalue weighted by Crippen LogP contribution is -2.38. The van der Waals surface area contributed by atoms with Crippen molar-refractivity contribution in [1.29, 1.82) is 0 Å². The van der Waals surface area contributed by atoms with E-state index in [1.54, 1.807) is 27.7 Å². The second kappa shape index (κ2) is 7.06. The first-order valence-electron chi connectivity index (χ1n) is 6.98. The predicted molar refractivity (Wildman–Crippen MR) is 78.7 cm³/mol. The average molecular weight is 336 g/mol. The maximum atomic E-state index is 13.2. The van der Waals surface area contributed by atoms with Crippen molar-refractivity contribution in [3.8, 4) is 0 Å². The first kappa shape index (κ1) is 19.1. The van der Waals surface area contributed by atoms with Crippen molar-refractivity contribution in [3.63, 3.8) is 0 Å². The zero-order chi connectivity index (χ0) is 17.8. The lowest BCUT2D eigenvalue weighted by molar-refractivity contribution is -0.139. The van der Waals surface area contributed by atoms with E-state index in [9.17, 15) is 22.4 Å². The highest BCUT2D eigenvalue weighted by Gasteiger charge is 2.34.